The number of carbonyl (C=O) groups is 3. The number of aliphatic carboxylic acids is 1. The summed E-state index contributed by atoms with van der Waals surface area (Å²) in [6.07, 6.45) is 10.8. The van der Waals surface area contributed by atoms with Gasteiger partial charge in [0.05, 0.1) is 12.6 Å². The Kier molecular flexibility index (Phi) is 15.6. The van der Waals surface area contributed by atoms with E-state index in [1.807, 2.05) is 0 Å². The van der Waals surface area contributed by atoms with Crippen LogP contribution >= 0.6 is 11.8 Å². The molecule has 170 valence electrons. The highest BCUT2D eigenvalue weighted by atomic mass is 32.2. The molecule has 3 N–H and O–H groups in total. The standard InChI is InChI=1S/C23H38N2O4S/c1-17(2)8-6-9-18(3)10-7-11-19(4)12-13-30-15-21(23(28)29)14-22(27)25-16-24-20(5)26/h8,10,12,21H,6-7,9,11,13-16H2,1-5H3,(H,24,26)(H,25,27)(H,28,29)/b18-10+,19-12+/t21-/m0/s1. The normalized spacial score (nSPS) is 12.8. The number of thioether (sulfide) groups is 1. The van der Waals surface area contributed by atoms with Crippen molar-refractivity contribution in [3.8, 4) is 0 Å². The Morgan fingerprint density at radius 3 is 2.07 bits per heavy atom. The van der Waals surface area contributed by atoms with Gasteiger partial charge in [0.2, 0.25) is 11.8 Å². The SMILES string of the molecule is CC(=O)NCNC(=O)C[C@@H](CSC/C=C(\C)CC/C=C(\C)CCC=C(C)C)C(=O)O. The minimum absolute atomic E-state index is 0.0123. The third-order valence-electron chi connectivity index (χ3n) is 4.40. The Hall–Kier alpha value is -2.02. The van der Waals surface area contributed by atoms with Crippen molar-refractivity contribution in [3.63, 3.8) is 0 Å². The van der Waals surface area contributed by atoms with E-state index in [0.29, 0.717) is 5.75 Å². The number of rotatable bonds is 15. The lowest BCUT2D eigenvalue weighted by Gasteiger charge is -2.12. The van der Waals surface area contributed by atoms with E-state index in [0.717, 1.165) is 31.4 Å². The van der Waals surface area contributed by atoms with Crippen LogP contribution in [0, 0.1) is 5.92 Å². The maximum Gasteiger partial charge on any atom is 0.307 e. The summed E-state index contributed by atoms with van der Waals surface area (Å²) in [5.41, 5.74) is 4.06. The first-order valence-electron chi connectivity index (χ1n) is 10.4. The molecule has 0 fully saturated rings. The second-order valence-corrected chi connectivity index (χ2v) is 8.82. The van der Waals surface area contributed by atoms with Crippen molar-refractivity contribution in [1.29, 1.82) is 0 Å². The van der Waals surface area contributed by atoms with E-state index < -0.39 is 11.9 Å². The molecule has 0 bridgehead atoms. The second-order valence-electron chi connectivity index (χ2n) is 7.75. The number of amides is 2. The van der Waals surface area contributed by atoms with Gasteiger partial charge < -0.3 is 15.7 Å². The molecule has 0 spiro atoms. The van der Waals surface area contributed by atoms with Crippen LogP contribution in [0.25, 0.3) is 0 Å². The molecule has 30 heavy (non-hydrogen) atoms. The summed E-state index contributed by atoms with van der Waals surface area (Å²) in [5, 5.41) is 14.3. The van der Waals surface area contributed by atoms with E-state index in [2.05, 4.69) is 56.6 Å². The number of carbonyl (C=O) groups excluding carboxylic acids is 2. The van der Waals surface area contributed by atoms with Gasteiger partial charge in [-0.25, -0.2) is 0 Å². The minimum Gasteiger partial charge on any atom is -0.481 e. The molecule has 2 amide bonds. The molecule has 0 aliphatic heterocycles. The third kappa shape index (κ3) is 16.9. The lowest BCUT2D eigenvalue weighted by Crippen LogP contribution is -2.37. The summed E-state index contributed by atoms with van der Waals surface area (Å²) in [6.45, 7) is 9.86. The maximum atomic E-state index is 11.8. The fourth-order valence-corrected chi connectivity index (χ4v) is 3.61. The fraction of sp³-hybridized carbons (Fsp3) is 0.609. The van der Waals surface area contributed by atoms with Gasteiger partial charge in [-0.3, -0.25) is 14.4 Å². The van der Waals surface area contributed by atoms with Crippen molar-refractivity contribution in [3.05, 3.63) is 34.9 Å². The van der Waals surface area contributed by atoms with Crippen LogP contribution in [0.1, 0.15) is 66.7 Å². The van der Waals surface area contributed by atoms with Crippen LogP contribution in [0.15, 0.2) is 34.9 Å². The van der Waals surface area contributed by atoms with Gasteiger partial charge in [0.1, 0.15) is 0 Å². The Morgan fingerprint density at radius 1 is 0.900 bits per heavy atom. The van der Waals surface area contributed by atoms with Crippen LogP contribution in [0.3, 0.4) is 0 Å². The number of hydrogen-bond acceptors (Lipinski definition) is 4. The lowest BCUT2D eigenvalue weighted by molar-refractivity contribution is -0.143. The van der Waals surface area contributed by atoms with E-state index in [1.165, 1.54) is 35.4 Å². The number of allylic oxidation sites excluding steroid dienone is 5. The molecule has 0 aliphatic carbocycles. The molecule has 1 atom stereocenters. The molecule has 0 radical (unpaired) electrons. The molecule has 0 aliphatic rings. The van der Waals surface area contributed by atoms with E-state index in [1.54, 1.807) is 0 Å². The van der Waals surface area contributed by atoms with Gasteiger partial charge >= 0.3 is 5.97 Å². The largest absolute Gasteiger partial charge is 0.481 e. The number of nitrogens with one attached hydrogen (secondary N) is 2. The quantitative estimate of drug-likeness (QED) is 0.200. The van der Waals surface area contributed by atoms with Crippen molar-refractivity contribution < 1.29 is 19.5 Å². The molecule has 0 saturated carbocycles. The van der Waals surface area contributed by atoms with Crippen LogP contribution in [-0.4, -0.2) is 41.1 Å². The summed E-state index contributed by atoms with van der Waals surface area (Å²) in [6, 6.07) is 0. The average molecular weight is 439 g/mol. The molecule has 7 heteroatoms. The van der Waals surface area contributed by atoms with Crippen molar-refractivity contribution in [2.45, 2.75) is 66.7 Å². The van der Waals surface area contributed by atoms with E-state index in [4.69, 9.17) is 0 Å². The molecule has 0 saturated heterocycles. The Morgan fingerprint density at radius 2 is 1.50 bits per heavy atom. The van der Waals surface area contributed by atoms with Crippen LogP contribution in [0.2, 0.25) is 0 Å². The Labute approximate surface area is 185 Å². The van der Waals surface area contributed by atoms with Gasteiger partial charge in [-0.2, -0.15) is 11.8 Å². The zero-order valence-corrected chi connectivity index (χ0v) is 19.9. The van der Waals surface area contributed by atoms with Crippen molar-refractivity contribution in [2.75, 3.05) is 18.2 Å². The number of carboxylic acid groups (broad SMARTS) is 1. The zero-order valence-electron chi connectivity index (χ0n) is 19.0. The Bertz CT molecular complexity index is 650. The highest BCUT2D eigenvalue weighted by molar-refractivity contribution is 7.99. The van der Waals surface area contributed by atoms with Gasteiger partial charge in [0.25, 0.3) is 0 Å². The molecule has 6 nitrogen and oxygen atoms in total. The van der Waals surface area contributed by atoms with Crippen molar-refractivity contribution in [1.82, 2.24) is 10.6 Å². The highest BCUT2D eigenvalue weighted by Crippen LogP contribution is 2.16. The summed E-state index contributed by atoms with van der Waals surface area (Å²) in [7, 11) is 0. The van der Waals surface area contributed by atoms with Gasteiger partial charge in [0.15, 0.2) is 0 Å². The first-order valence-corrected chi connectivity index (χ1v) is 11.5. The number of carboxylic acids is 1. The predicted octanol–water partition coefficient (Wildman–Crippen LogP) is 4.44. The molecular formula is C23H38N2O4S. The van der Waals surface area contributed by atoms with Crippen LogP contribution in [0.5, 0.6) is 0 Å². The van der Waals surface area contributed by atoms with Crippen LogP contribution < -0.4 is 10.6 Å². The summed E-state index contributed by atoms with van der Waals surface area (Å²) in [5.74, 6) is -1.26. The Balaban J connectivity index is 4.19. The zero-order chi connectivity index (χ0) is 22.9. The van der Waals surface area contributed by atoms with Gasteiger partial charge in [-0.05, 0) is 53.4 Å². The average Bonchev–Trinajstić information content (AvgIpc) is 2.63. The van der Waals surface area contributed by atoms with E-state index >= 15 is 0 Å². The van der Waals surface area contributed by atoms with Crippen molar-refractivity contribution in [2.24, 2.45) is 5.92 Å². The molecule has 0 aromatic rings. The van der Waals surface area contributed by atoms with E-state index in [9.17, 15) is 19.5 Å². The predicted molar refractivity (Wildman–Crippen MR) is 125 cm³/mol. The summed E-state index contributed by atoms with van der Waals surface area (Å²) >= 11 is 1.51. The first-order chi connectivity index (χ1) is 14.1. The fourth-order valence-electron chi connectivity index (χ4n) is 2.53. The van der Waals surface area contributed by atoms with E-state index in [-0.39, 0.29) is 24.9 Å². The monoisotopic (exact) mass is 438 g/mol. The minimum atomic E-state index is -0.980. The number of hydrogen-bond donors (Lipinski definition) is 3. The maximum absolute atomic E-state index is 11.8. The summed E-state index contributed by atoms with van der Waals surface area (Å²) < 4.78 is 0. The highest BCUT2D eigenvalue weighted by Gasteiger charge is 2.20. The molecule has 0 rings (SSSR count). The smallest absolute Gasteiger partial charge is 0.307 e. The topological polar surface area (TPSA) is 95.5 Å². The van der Waals surface area contributed by atoms with Crippen molar-refractivity contribution >= 4 is 29.5 Å². The third-order valence-corrected chi connectivity index (χ3v) is 5.44. The summed E-state index contributed by atoms with van der Waals surface area (Å²) in [4.78, 5) is 33.9. The van der Waals surface area contributed by atoms with Gasteiger partial charge in [-0.15, -0.1) is 0 Å². The van der Waals surface area contributed by atoms with Gasteiger partial charge in [-0.1, -0.05) is 34.9 Å². The first kappa shape index (κ1) is 28.0. The van der Waals surface area contributed by atoms with Gasteiger partial charge in [0, 0.05) is 24.9 Å². The molecule has 0 heterocycles. The molecule has 0 unspecified atom stereocenters. The molecule has 0 aromatic heterocycles. The molecule has 0 aromatic carbocycles. The molecular weight excluding hydrogens is 400 g/mol. The van der Waals surface area contributed by atoms with Crippen LogP contribution in [-0.2, 0) is 14.4 Å². The second kappa shape index (κ2) is 16.7. The lowest BCUT2D eigenvalue weighted by atomic mass is 10.1. The van der Waals surface area contributed by atoms with Crippen LogP contribution in [0.4, 0.5) is 0 Å².